The van der Waals surface area contributed by atoms with Gasteiger partial charge in [-0.05, 0) is 56.0 Å². The highest BCUT2D eigenvalue weighted by Crippen LogP contribution is 2.36. The van der Waals surface area contributed by atoms with Crippen LogP contribution in [0.1, 0.15) is 31.2 Å². The Labute approximate surface area is 92.7 Å². The topological polar surface area (TPSA) is 26.0 Å². The Morgan fingerprint density at radius 2 is 1.80 bits per heavy atom. The normalized spacial score (nSPS) is 24.9. The lowest BCUT2D eigenvalue weighted by Gasteiger charge is -2.35. The quantitative estimate of drug-likeness (QED) is 0.782. The highest BCUT2D eigenvalue weighted by Gasteiger charge is 2.28. The summed E-state index contributed by atoms with van der Waals surface area (Å²) in [6.07, 6.45) is 6.71. The van der Waals surface area contributed by atoms with Crippen LogP contribution in [0, 0.1) is 11.8 Å². The molecular weight excluding hydrogens is 182 g/mol. The zero-order valence-electron chi connectivity index (χ0n) is 9.36. The van der Waals surface area contributed by atoms with Crippen LogP contribution in [0.2, 0.25) is 0 Å². The Hall–Kier alpha value is -0.820. The number of benzene rings is 1. The lowest BCUT2D eigenvalue weighted by molar-refractivity contribution is 0.168. The molecule has 1 saturated carbocycles. The molecule has 2 N–H and O–H groups in total. The second-order valence-electron chi connectivity index (χ2n) is 4.71. The minimum Gasteiger partial charge on any atom is -0.330 e. The van der Waals surface area contributed by atoms with Crippen LogP contribution in [0.5, 0.6) is 0 Å². The second kappa shape index (κ2) is 5.32. The largest absolute Gasteiger partial charge is 0.330 e. The molecule has 0 radical (unpaired) electrons. The van der Waals surface area contributed by atoms with Gasteiger partial charge in [-0.3, -0.25) is 0 Å². The Morgan fingerprint density at radius 1 is 1.07 bits per heavy atom. The molecule has 1 aromatic rings. The average Bonchev–Trinajstić information content (AvgIpc) is 2.25. The minimum atomic E-state index is 0.834. The molecule has 0 heterocycles. The fourth-order valence-corrected chi connectivity index (χ4v) is 2.54. The molecule has 0 aliphatic heterocycles. The van der Waals surface area contributed by atoms with E-state index in [2.05, 4.69) is 30.3 Å². The summed E-state index contributed by atoms with van der Waals surface area (Å²) in [5, 5.41) is 0. The third kappa shape index (κ3) is 2.82. The van der Waals surface area contributed by atoms with Gasteiger partial charge in [-0.25, -0.2) is 0 Å². The monoisotopic (exact) mass is 203 g/mol. The van der Waals surface area contributed by atoms with Crippen LogP contribution in [0.3, 0.4) is 0 Å². The maximum Gasteiger partial charge on any atom is -0.00462 e. The molecule has 0 amide bonds. The highest BCUT2D eigenvalue weighted by atomic mass is 14.6. The van der Waals surface area contributed by atoms with E-state index in [-0.39, 0.29) is 0 Å². The molecule has 1 aromatic carbocycles. The Bertz CT molecular complexity index is 279. The first-order valence-corrected chi connectivity index (χ1v) is 6.14. The van der Waals surface area contributed by atoms with Gasteiger partial charge in [0.25, 0.3) is 0 Å². The van der Waals surface area contributed by atoms with Crippen molar-refractivity contribution in [2.75, 3.05) is 6.54 Å². The van der Waals surface area contributed by atoms with Crippen molar-refractivity contribution in [2.24, 2.45) is 17.6 Å². The van der Waals surface area contributed by atoms with Gasteiger partial charge < -0.3 is 5.73 Å². The molecule has 2 unspecified atom stereocenters. The molecule has 0 bridgehead atoms. The predicted molar refractivity (Wildman–Crippen MR) is 64.6 cm³/mol. The Morgan fingerprint density at radius 3 is 2.40 bits per heavy atom. The van der Waals surface area contributed by atoms with E-state index < -0.39 is 0 Å². The van der Waals surface area contributed by atoms with Gasteiger partial charge in [-0.15, -0.1) is 0 Å². The summed E-state index contributed by atoms with van der Waals surface area (Å²) < 4.78 is 0. The van der Waals surface area contributed by atoms with Crippen molar-refractivity contribution >= 4 is 0 Å². The molecule has 2 rings (SSSR count). The summed E-state index contributed by atoms with van der Waals surface area (Å²) >= 11 is 0. The third-order valence-corrected chi connectivity index (χ3v) is 3.76. The molecule has 0 saturated heterocycles. The molecule has 1 fully saturated rings. The molecule has 1 aliphatic rings. The molecule has 1 nitrogen and oxygen atoms in total. The molecule has 0 spiro atoms. The Kier molecular flexibility index (Phi) is 3.79. The van der Waals surface area contributed by atoms with E-state index in [0.717, 1.165) is 18.4 Å². The van der Waals surface area contributed by atoms with Gasteiger partial charge in [0.2, 0.25) is 0 Å². The number of nitrogens with two attached hydrogens (primary N) is 1. The second-order valence-corrected chi connectivity index (χ2v) is 4.71. The van der Waals surface area contributed by atoms with Gasteiger partial charge in [0.15, 0.2) is 0 Å². The van der Waals surface area contributed by atoms with Gasteiger partial charge in [0.05, 0.1) is 0 Å². The molecule has 15 heavy (non-hydrogen) atoms. The first-order chi connectivity index (χ1) is 7.40. The number of hydrogen-bond donors (Lipinski definition) is 1. The number of aryl methyl sites for hydroxylation is 1. The van der Waals surface area contributed by atoms with Crippen molar-refractivity contribution in [2.45, 2.75) is 32.1 Å². The summed E-state index contributed by atoms with van der Waals surface area (Å²) in [6, 6.07) is 10.8. The van der Waals surface area contributed by atoms with E-state index in [4.69, 9.17) is 5.73 Å². The summed E-state index contributed by atoms with van der Waals surface area (Å²) in [6.45, 7) is 0.899. The molecule has 2 atom stereocenters. The lowest BCUT2D eigenvalue weighted by Crippen LogP contribution is -2.32. The minimum absolute atomic E-state index is 0.834. The van der Waals surface area contributed by atoms with Crippen LogP contribution in [0.25, 0.3) is 0 Å². The van der Waals surface area contributed by atoms with Crippen LogP contribution in [0.4, 0.5) is 0 Å². The van der Waals surface area contributed by atoms with Crippen LogP contribution >= 0.6 is 0 Å². The van der Waals surface area contributed by atoms with Gasteiger partial charge in [-0.1, -0.05) is 30.3 Å². The van der Waals surface area contributed by atoms with Crippen molar-refractivity contribution in [1.82, 2.24) is 0 Å². The van der Waals surface area contributed by atoms with Crippen LogP contribution in [0.15, 0.2) is 30.3 Å². The first-order valence-electron chi connectivity index (χ1n) is 6.14. The number of rotatable bonds is 5. The van der Waals surface area contributed by atoms with Crippen molar-refractivity contribution in [3.05, 3.63) is 35.9 Å². The van der Waals surface area contributed by atoms with E-state index in [0.29, 0.717) is 0 Å². The van der Waals surface area contributed by atoms with Gasteiger partial charge in [0, 0.05) is 0 Å². The summed E-state index contributed by atoms with van der Waals surface area (Å²) in [5.74, 6) is 1.76. The zero-order chi connectivity index (χ0) is 10.5. The van der Waals surface area contributed by atoms with Crippen molar-refractivity contribution < 1.29 is 0 Å². The predicted octanol–water partition coefficient (Wildman–Crippen LogP) is 2.99. The van der Waals surface area contributed by atoms with E-state index >= 15 is 0 Å². The third-order valence-electron chi connectivity index (χ3n) is 3.76. The van der Waals surface area contributed by atoms with E-state index in [1.807, 2.05) is 0 Å². The van der Waals surface area contributed by atoms with Crippen LogP contribution < -0.4 is 5.73 Å². The molecular formula is C14H21N. The highest BCUT2D eigenvalue weighted by molar-refractivity contribution is 5.14. The standard InChI is InChI=1S/C14H21N/c15-11-14-10-9-13(14)8-4-7-12-5-2-1-3-6-12/h1-3,5-6,13-14H,4,7-11,15H2. The molecule has 0 aromatic heterocycles. The van der Waals surface area contributed by atoms with Gasteiger partial charge in [-0.2, -0.15) is 0 Å². The van der Waals surface area contributed by atoms with Crippen LogP contribution in [-0.4, -0.2) is 6.54 Å². The summed E-state index contributed by atoms with van der Waals surface area (Å²) in [5.41, 5.74) is 7.18. The SMILES string of the molecule is NCC1CCC1CCCc1ccccc1. The van der Waals surface area contributed by atoms with Crippen LogP contribution in [-0.2, 0) is 6.42 Å². The van der Waals surface area contributed by atoms with Crippen molar-refractivity contribution in [1.29, 1.82) is 0 Å². The zero-order valence-corrected chi connectivity index (χ0v) is 9.36. The lowest BCUT2D eigenvalue weighted by atomic mass is 9.71. The summed E-state index contributed by atoms with van der Waals surface area (Å²) in [4.78, 5) is 0. The fraction of sp³-hybridized carbons (Fsp3) is 0.571. The van der Waals surface area contributed by atoms with E-state index in [9.17, 15) is 0 Å². The van der Waals surface area contributed by atoms with Gasteiger partial charge >= 0.3 is 0 Å². The van der Waals surface area contributed by atoms with Crippen molar-refractivity contribution in [3.63, 3.8) is 0 Å². The fourth-order valence-electron chi connectivity index (χ4n) is 2.54. The van der Waals surface area contributed by atoms with Crippen molar-refractivity contribution in [3.8, 4) is 0 Å². The maximum absolute atomic E-state index is 5.71. The Balaban J connectivity index is 1.67. The molecule has 82 valence electrons. The molecule has 1 heteroatoms. The summed E-state index contributed by atoms with van der Waals surface area (Å²) in [7, 11) is 0. The maximum atomic E-state index is 5.71. The first kappa shape index (κ1) is 10.7. The average molecular weight is 203 g/mol. The smallest absolute Gasteiger partial charge is 0.00462 e. The van der Waals surface area contributed by atoms with E-state index in [1.165, 1.54) is 37.7 Å². The van der Waals surface area contributed by atoms with E-state index in [1.54, 1.807) is 0 Å². The number of hydrogen-bond acceptors (Lipinski definition) is 1. The molecule has 1 aliphatic carbocycles. The van der Waals surface area contributed by atoms with Gasteiger partial charge in [0.1, 0.15) is 0 Å².